The Morgan fingerprint density at radius 2 is 2.00 bits per heavy atom. The molecule has 3 N–H and O–H groups in total. The van der Waals surface area contributed by atoms with Crippen LogP contribution in [0.25, 0.3) is 10.9 Å². The van der Waals surface area contributed by atoms with Crippen LogP contribution in [0.3, 0.4) is 0 Å². The fourth-order valence-corrected chi connectivity index (χ4v) is 3.32. The first kappa shape index (κ1) is 17.9. The number of nitrogens with zero attached hydrogens (tertiary/aromatic N) is 3. The molecule has 0 spiro atoms. The van der Waals surface area contributed by atoms with E-state index < -0.39 is 6.10 Å². The number of H-pyrrole nitrogens is 1. The summed E-state index contributed by atoms with van der Waals surface area (Å²) in [5.41, 5.74) is 5.15. The number of aromatic amines is 1. The monoisotopic (exact) mass is 375 g/mol. The van der Waals surface area contributed by atoms with Gasteiger partial charge in [-0.05, 0) is 54.8 Å². The minimum atomic E-state index is -0.702. The maximum Gasteiger partial charge on any atom is 0.272 e. The van der Waals surface area contributed by atoms with E-state index in [4.69, 9.17) is 0 Å². The van der Waals surface area contributed by atoms with E-state index in [2.05, 4.69) is 26.4 Å². The molecule has 0 bridgehead atoms. The molecule has 142 valence electrons. The van der Waals surface area contributed by atoms with Crippen molar-refractivity contribution in [2.75, 3.05) is 5.32 Å². The predicted molar refractivity (Wildman–Crippen MR) is 107 cm³/mol. The largest absolute Gasteiger partial charge is 0.386 e. The lowest BCUT2D eigenvalue weighted by atomic mass is 10.1. The summed E-state index contributed by atoms with van der Waals surface area (Å²) in [5, 5.41) is 18.2. The number of benzene rings is 2. The van der Waals surface area contributed by atoms with Gasteiger partial charge in [-0.1, -0.05) is 18.2 Å². The van der Waals surface area contributed by atoms with Crippen molar-refractivity contribution in [2.45, 2.75) is 26.5 Å². The van der Waals surface area contributed by atoms with Gasteiger partial charge in [-0.15, -0.1) is 0 Å². The van der Waals surface area contributed by atoms with E-state index in [9.17, 15) is 9.90 Å². The van der Waals surface area contributed by atoms with E-state index in [1.807, 2.05) is 26.0 Å². The smallest absolute Gasteiger partial charge is 0.272 e. The molecule has 0 saturated heterocycles. The minimum Gasteiger partial charge on any atom is -0.386 e. The van der Waals surface area contributed by atoms with Crippen molar-refractivity contribution in [2.24, 2.45) is 0 Å². The fourth-order valence-electron chi connectivity index (χ4n) is 3.32. The highest BCUT2D eigenvalue weighted by atomic mass is 16.3. The number of aromatic nitrogens is 4. The van der Waals surface area contributed by atoms with Gasteiger partial charge in [0.1, 0.15) is 18.3 Å². The van der Waals surface area contributed by atoms with Gasteiger partial charge in [0.2, 0.25) is 0 Å². The first-order valence-electron chi connectivity index (χ1n) is 9.01. The molecule has 2 aromatic heterocycles. The summed E-state index contributed by atoms with van der Waals surface area (Å²) in [6.45, 7) is 4.39. The van der Waals surface area contributed by atoms with Gasteiger partial charge in [0.15, 0.2) is 0 Å². The number of aliphatic hydroxyl groups is 1. The van der Waals surface area contributed by atoms with Gasteiger partial charge in [0, 0.05) is 16.6 Å². The lowest BCUT2D eigenvalue weighted by molar-refractivity contribution is 0.102. The molecule has 0 aliphatic rings. The van der Waals surface area contributed by atoms with Crippen LogP contribution in [0.1, 0.15) is 33.3 Å². The maximum absolute atomic E-state index is 12.6. The van der Waals surface area contributed by atoms with Crippen LogP contribution in [0.15, 0.2) is 55.1 Å². The number of aryl methyl sites for hydroxylation is 2. The Labute approximate surface area is 162 Å². The van der Waals surface area contributed by atoms with Gasteiger partial charge < -0.3 is 15.4 Å². The Hall–Kier alpha value is -3.45. The molecule has 28 heavy (non-hydrogen) atoms. The molecule has 1 atom stereocenters. The lowest BCUT2D eigenvalue weighted by Gasteiger charge is -2.11. The molecule has 2 aromatic carbocycles. The number of hydrogen-bond acceptors (Lipinski definition) is 4. The van der Waals surface area contributed by atoms with Crippen molar-refractivity contribution >= 4 is 22.5 Å². The Bertz CT molecular complexity index is 1110. The second-order valence-electron chi connectivity index (χ2n) is 6.94. The van der Waals surface area contributed by atoms with E-state index >= 15 is 0 Å². The highest BCUT2D eigenvalue weighted by Gasteiger charge is 2.13. The van der Waals surface area contributed by atoms with Gasteiger partial charge in [-0.2, -0.15) is 5.10 Å². The summed E-state index contributed by atoms with van der Waals surface area (Å²) in [4.78, 5) is 19.6. The minimum absolute atomic E-state index is 0.204. The summed E-state index contributed by atoms with van der Waals surface area (Å²) in [6, 6.07) is 13.1. The molecule has 4 rings (SSSR count). The van der Waals surface area contributed by atoms with E-state index in [-0.39, 0.29) is 5.91 Å². The van der Waals surface area contributed by atoms with Crippen LogP contribution >= 0.6 is 0 Å². The van der Waals surface area contributed by atoms with Crippen LogP contribution in [0, 0.1) is 13.8 Å². The third-order valence-electron chi connectivity index (χ3n) is 4.71. The van der Waals surface area contributed by atoms with E-state index in [1.54, 1.807) is 35.3 Å². The zero-order chi connectivity index (χ0) is 19.7. The Morgan fingerprint density at radius 1 is 1.21 bits per heavy atom. The first-order chi connectivity index (χ1) is 13.5. The molecular formula is C21H21N5O2. The molecule has 0 fully saturated rings. The van der Waals surface area contributed by atoms with Crippen LogP contribution in [-0.2, 0) is 6.54 Å². The standard InChI is InChI=1S/C21H21N5O2/c1-13-7-14(2)17-9-19(25-18(17)8-13)21(28)24-16-5-3-15(4-6-16)20(27)10-26-12-22-11-23-26/h3-9,11-12,20,25,27H,10H2,1-2H3,(H,24,28)/t20-/m0/s1. The van der Waals surface area contributed by atoms with Crippen molar-refractivity contribution in [3.05, 3.63) is 77.5 Å². The molecule has 0 aliphatic carbocycles. The summed E-state index contributed by atoms with van der Waals surface area (Å²) >= 11 is 0. The molecule has 4 aromatic rings. The zero-order valence-corrected chi connectivity index (χ0v) is 15.7. The number of hydrogen-bond donors (Lipinski definition) is 3. The lowest BCUT2D eigenvalue weighted by Crippen LogP contribution is -2.12. The van der Waals surface area contributed by atoms with Crippen molar-refractivity contribution in [3.63, 3.8) is 0 Å². The second kappa shape index (κ2) is 7.28. The first-order valence-corrected chi connectivity index (χ1v) is 9.01. The molecule has 1 amide bonds. The van der Waals surface area contributed by atoms with Crippen LogP contribution < -0.4 is 5.32 Å². The molecule has 7 nitrogen and oxygen atoms in total. The van der Waals surface area contributed by atoms with Crippen molar-refractivity contribution in [1.82, 2.24) is 19.7 Å². The van der Waals surface area contributed by atoms with Crippen LogP contribution in [0.2, 0.25) is 0 Å². The number of anilines is 1. The average Bonchev–Trinajstić information content (AvgIpc) is 3.32. The van der Waals surface area contributed by atoms with Crippen LogP contribution in [-0.4, -0.2) is 30.8 Å². The number of rotatable bonds is 5. The normalized spacial score (nSPS) is 12.2. The topological polar surface area (TPSA) is 95.8 Å². The highest BCUT2D eigenvalue weighted by molar-refractivity contribution is 6.06. The number of fused-ring (bicyclic) bond motifs is 1. The van der Waals surface area contributed by atoms with Crippen molar-refractivity contribution in [1.29, 1.82) is 0 Å². The maximum atomic E-state index is 12.6. The number of aliphatic hydroxyl groups excluding tert-OH is 1. The van der Waals surface area contributed by atoms with Crippen LogP contribution in [0.5, 0.6) is 0 Å². The molecule has 0 unspecified atom stereocenters. The SMILES string of the molecule is Cc1cc(C)c2cc(C(=O)Nc3ccc([C@@H](O)Cn4cncn4)cc3)[nH]c2c1. The third kappa shape index (κ3) is 3.65. The van der Waals surface area contributed by atoms with E-state index in [1.165, 1.54) is 6.33 Å². The van der Waals surface area contributed by atoms with Crippen molar-refractivity contribution < 1.29 is 9.90 Å². The quantitative estimate of drug-likeness (QED) is 0.498. The van der Waals surface area contributed by atoms with Gasteiger partial charge in [0.25, 0.3) is 5.91 Å². The number of nitrogens with one attached hydrogen (secondary N) is 2. The summed E-state index contributed by atoms with van der Waals surface area (Å²) in [5.74, 6) is -0.204. The number of carbonyl (C=O) groups is 1. The predicted octanol–water partition coefficient (Wildman–Crippen LogP) is 3.36. The molecule has 2 heterocycles. The fraction of sp³-hybridized carbons (Fsp3) is 0.190. The van der Waals surface area contributed by atoms with E-state index in [0.29, 0.717) is 17.9 Å². The number of amides is 1. The summed E-state index contributed by atoms with van der Waals surface area (Å²) in [6.07, 6.45) is 2.28. The van der Waals surface area contributed by atoms with Crippen LogP contribution in [0.4, 0.5) is 5.69 Å². The summed E-state index contributed by atoms with van der Waals surface area (Å²) < 4.78 is 1.57. The molecule has 0 aliphatic heterocycles. The van der Waals surface area contributed by atoms with Gasteiger partial charge >= 0.3 is 0 Å². The Balaban J connectivity index is 1.47. The Kier molecular flexibility index (Phi) is 4.67. The molecule has 0 radical (unpaired) electrons. The van der Waals surface area contributed by atoms with E-state index in [0.717, 1.165) is 27.6 Å². The third-order valence-corrected chi connectivity index (χ3v) is 4.71. The van der Waals surface area contributed by atoms with Gasteiger partial charge in [-0.3, -0.25) is 9.48 Å². The number of carbonyl (C=O) groups excluding carboxylic acids is 1. The summed E-state index contributed by atoms with van der Waals surface area (Å²) in [7, 11) is 0. The second-order valence-corrected chi connectivity index (χ2v) is 6.94. The van der Waals surface area contributed by atoms with Gasteiger partial charge in [-0.25, -0.2) is 4.98 Å². The average molecular weight is 375 g/mol. The van der Waals surface area contributed by atoms with Crippen molar-refractivity contribution in [3.8, 4) is 0 Å². The molecular weight excluding hydrogens is 354 g/mol. The van der Waals surface area contributed by atoms with Gasteiger partial charge in [0.05, 0.1) is 12.6 Å². The Morgan fingerprint density at radius 3 is 2.71 bits per heavy atom. The zero-order valence-electron chi connectivity index (χ0n) is 15.7. The molecule has 0 saturated carbocycles. The highest BCUT2D eigenvalue weighted by Crippen LogP contribution is 2.23. The molecule has 7 heteroatoms.